The molecule has 2 aromatic carbocycles. The number of hydrogen-bond acceptors (Lipinski definition) is 3. The molecule has 0 atom stereocenters. The highest BCUT2D eigenvalue weighted by atomic mass is 16.1. The molecule has 3 aromatic rings. The van der Waals surface area contributed by atoms with Gasteiger partial charge in [0, 0.05) is 24.6 Å². The highest BCUT2D eigenvalue weighted by Crippen LogP contribution is 2.25. The quantitative estimate of drug-likeness (QED) is 0.710. The van der Waals surface area contributed by atoms with E-state index < -0.39 is 0 Å². The molecule has 0 radical (unpaired) electrons. The van der Waals surface area contributed by atoms with Crippen molar-refractivity contribution in [1.82, 2.24) is 4.98 Å². The Hall–Kier alpha value is -3.14. The highest BCUT2D eigenvalue weighted by molar-refractivity contribution is 6.05. The third-order valence-electron chi connectivity index (χ3n) is 4.50. The summed E-state index contributed by atoms with van der Waals surface area (Å²) in [5.74, 6) is -0.148. The number of nitrogens with zero attached hydrogens (tertiary/aromatic N) is 2. The van der Waals surface area contributed by atoms with Crippen LogP contribution in [0.2, 0.25) is 0 Å². The van der Waals surface area contributed by atoms with Crippen LogP contribution in [-0.2, 0) is 6.42 Å². The van der Waals surface area contributed by atoms with Crippen LogP contribution in [0.1, 0.15) is 28.4 Å². The maximum atomic E-state index is 12.8. The molecule has 132 valence electrons. The summed E-state index contributed by atoms with van der Waals surface area (Å²) in [6, 6.07) is 17.9. The average molecular weight is 345 g/mol. The molecule has 4 nitrogen and oxygen atoms in total. The Morgan fingerprint density at radius 2 is 1.81 bits per heavy atom. The van der Waals surface area contributed by atoms with E-state index in [9.17, 15) is 4.79 Å². The van der Waals surface area contributed by atoms with Gasteiger partial charge in [-0.1, -0.05) is 43.3 Å². The van der Waals surface area contributed by atoms with Crippen molar-refractivity contribution in [3.8, 4) is 0 Å². The number of carbonyl (C=O) groups excluding carboxylic acids is 1. The predicted molar refractivity (Wildman–Crippen MR) is 107 cm³/mol. The van der Waals surface area contributed by atoms with Gasteiger partial charge in [0.15, 0.2) is 0 Å². The smallest absolute Gasteiger partial charge is 0.257 e. The second kappa shape index (κ2) is 7.83. The standard InChI is InChI=1S/C22H23N3O/c1-4-17-10-8-9-16(2)21(17)24-22(26)18-13-20(15-23-14-18)25(3)19-11-6-5-7-12-19/h5-15H,4H2,1-3H3,(H,24,26). The van der Waals surface area contributed by atoms with Crippen LogP contribution in [0.5, 0.6) is 0 Å². The number of rotatable bonds is 5. The summed E-state index contributed by atoms with van der Waals surface area (Å²) < 4.78 is 0. The first-order valence-electron chi connectivity index (χ1n) is 8.74. The van der Waals surface area contributed by atoms with E-state index in [4.69, 9.17) is 0 Å². The van der Waals surface area contributed by atoms with Crippen LogP contribution in [0.25, 0.3) is 0 Å². The summed E-state index contributed by atoms with van der Waals surface area (Å²) in [6.45, 7) is 4.09. The SMILES string of the molecule is CCc1cccc(C)c1NC(=O)c1cncc(N(C)c2ccccc2)c1. The molecule has 0 saturated heterocycles. The first-order chi connectivity index (χ1) is 12.6. The lowest BCUT2D eigenvalue weighted by molar-refractivity contribution is 0.102. The summed E-state index contributed by atoms with van der Waals surface area (Å²) in [5.41, 5.74) is 5.52. The van der Waals surface area contributed by atoms with Crippen LogP contribution < -0.4 is 10.2 Å². The number of anilines is 3. The Balaban J connectivity index is 1.86. The summed E-state index contributed by atoms with van der Waals surface area (Å²) in [6.07, 6.45) is 4.23. The molecule has 1 N–H and O–H groups in total. The number of carbonyl (C=O) groups is 1. The average Bonchev–Trinajstić information content (AvgIpc) is 2.69. The van der Waals surface area contributed by atoms with Crippen molar-refractivity contribution in [2.75, 3.05) is 17.3 Å². The van der Waals surface area contributed by atoms with Gasteiger partial charge in [-0.3, -0.25) is 9.78 Å². The van der Waals surface area contributed by atoms with Gasteiger partial charge >= 0.3 is 0 Å². The molecule has 0 aliphatic carbocycles. The molecule has 0 fully saturated rings. The molecule has 0 spiro atoms. The van der Waals surface area contributed by atoms with Crippen LogP contribution in [0, 0.1) is 6.92 Å². The Morgan fingerprint density at radius 1 is 1.04 bits per heavy atom. The number of pyridine rings is 1. The number of aryl methyl sites for hydroxylation is 2. The van der Waals surface area contributed by atoms with Crippen molar-refractivity contribution in [1.29, 1.82) is 0 Å². The fraction of sp³-hybridized carbons (Fsp3) is 0.182. The molecule has 0 aliphatic rings. The monoisotopic (exact) mass is 345 g/mol. The molecule has 0 unspecified atom stereocenters. The molecule has 0 aliphatic heterocycles. The van der Waals surface area contributed by atoms with Gasteiger partial charge in [-0.2, -0.15) is 0 Å². The van der Waals surface area contributed by atoms with Crippen LogP contribution in [-0.4, -0.2) is 17.9 Å². The summed E-state index contributed by atoms with van der Waals surface area (Å²) in [4.78, 5) is 19.0. The zero-order chi connectivity index (χ0) is 18.5. The molecule has 3 rings (SSSR count). The van der Waals surface area contributed by atoms with E-state index in [0.717, 1.165) is 34.6 Å². The number of amides is 1. The minimum absolute atomic E-state index is 0.148. The maximum Gasteiger partial charge on any atom is 0.257 e. The Kier molecular flexibility index (Phi) is 5.32. The molecule has 4 heteroatoms. The van der Waals surface area contributed by atoms with Crippen LogP contribution in [0.4, 0.5) is 17.1 Å². The number of nitrogens with one attached hydrogen (secondary N) is 1. The maximum absolute atomic E-state index is 12.8. The predicted octanol–water partition coefficient (Wildman–Crippen LogP) is 4.97. The van der Waals surface area contributed by atoms with Gasteiger partial charge < -0.3 is 10.2 Å². The van der Waals surface area contributed by atoms with Gasteiger partial charge in [-0.05, 0) is 42.7 Å². The van der Waals surface area contributed by atoms with Crippen LogP contribution in [0.3, 0.4) is 0 Å². The topological polar surface area (TPSA) is 45.2 Å². The van der Waals surface area contributed by atoms with Crippen molar-refractivity contribution in [2.24, 2.45) is 0 Å². The van der Waals surface area contributed by atoms with E-state index in [1.807, 2.05) is 73.5 Å². The Morgan fingerprint density at radius 3 is 2.54 bits per heavy atom. The van der Waals surface area contributed by atoms with Crippen molar-refractivity contribution >= 4 is 23.0 Å². The lowest BCUT2D eigenvalue weighted by atomic mass is 10.1. The van der Waals surface area contributed by atoms with E-state index >= 15 is 0 Å². The largest absolute Gasteiger partial charge is 0.343 e. The number of hydrogen-bond donors (Lipinski definition) is 1. The van der Waals surface area contributed by atoms with E-state index in [2.05, 4.69) is 17.2 Å². The summed E-state index contributed by atoms with van der Waals surface area (Å²) in [7, 11) is 1.96. The van der Waals surface area contributed by atoms with Crippen LogP contribution >= 0.6 is 0 Å². The third-order valence-corrected chi connectivity index (χ3v) is 4.50. The normalized spacial score (nSPS) is 10.4. The van der Waals surface area contributed by atoms with E-state index in [0.29, 0.717) is 5.56 Å². The van der Waals surface area contributed by atoms with Crippen LogP contribution in [0.15, 0.2) is 67.0 Å². The Bertz CT molecular complexity index is 906. The number of para-hydroxylation sites is 2. The molecule has 1 amide bonds. The van der Waals surface area contributed by atoms with Crippen molar-refractivity contribution in [2.45, 2.75) is 20.3 Å². The second-order valence-corrected chi connectivity index (χ2v) is 6.24. The van der Waals surface area contributed by atoms with E-state index in [1.165, 1.54) is 0 Å². The fourth-order valence-electron chi connectivity index (χ4n) is 2.92. The van der Waals surface area contributed by atoms with Crippen molar-refractivity contribution in [3.63, 3.8) is 0 Å². The fourth-order valence-corrected chi connectivity index (χ4v) is 2.92. The number of benzene rings is 2. The molecule has 26 heavy (non-hydrogen) atoms. The van der Waals surface area contributed by atoms with Gasteiger partial charge in [-0.25, -0.2) is 0 Å². The van der Waals surface area contributed by atoms with Crippen molar-refractivity contribution in [3.05, 3.63) is 83.7 Å². The lowest BCUT2D eigenvalue weighted by Crippen LogP contribution is -2.16. The molecule has 0 saturated carbocycles. The molecule has 1 heterocycles. The highest BCUT2D eigenvalue weighted by Gasteiger charge is 2.13. The lowest BCUT2D eigenvalue weighted by Gasteiger charge is -2.19. The Labute approximate surface area is 154 Å². The van der Waals surface area contributed by atoms with Gasteiger partial charge in [0.25, 0.3) is 5.91 Å². The molecular formula is C22H23N3O. The van der Waals surface area contributed by atoms with E-state index in [-0.39, 0.29) is 5.91 Å². The van der Waals surface area contributed by atoms with Gasteiger partial charge in [0.05, 0.1) is 17.4 Å². The van der Waals surface area contributed by atoms with Gasteiger partial charge in [-0.15, -0.1) is 0 Å². The zero-order valence-electron chi connectivity index (χ0n) is 15.4. The van der Waals surface area contributed by atoms with Gasteiger partial charge in [0.2, 0.25) is 0 Å². The number of aromatic nitrogens is 1. The summed E-state index contributed by atoms with van der Waals surface area (Å²) >= 11 is 0. The first kappa shape index (κ1) is 17.7. The molecular weight excluding hydrogens is 322 g/mol. The molecule has 0 bridgehead atoms. The van der Waals surface area contributed by atoms with Crippen molar-refractivity contribution < 1.29 is 4.79 Å². The second-order valence-electron chi connectivity index (χ2n) is 6.24. The van der Waals surface area contributed by atoms with Gasteiger partial charge in [0.1, 0.15) is 0 Å². The summed E-state index contributed by atoms with van der Waals surface area (Å²) in [5, 5.41) is 3.05. The van der Waals surface area contributed by atoms with E-state index in [1.54, 1.807) is 12.4 Å². The minimum atomic E-state index is -0.148. The minimum Gasteiger partial charge on any atom is -0.343 e. The zero-order valence-corrected chi connectivity index (χ0v) is 15.4. The first-order valence-corrected chi connectivity index (χ1v) is 8.74. The third kappa shape index (κ3) is 3.75. The molecule has 1 aromatic heterocycles.